The lowest BCUT2D eigenvalue weighted by molar-refractivity contribution is -0.155. The number of hydrogen-bond donors (Lipinski definition) is 1. The number of allylic oxidation sites excluding steroid dienone is 1. The van der Waals surface area contributed by atoms with Crippen LogP contribution < -0.4 is 0 Å². The number of carboxylic acids is 1. The third-order valence-corrected chi connectivity index (χ3v) is 7.95. The summed E-state index contributed by atoms with van der Waals surface area (Å²) in [4.78, 5) is 36.7. The smallest absolute Gasteiger partial charge is 0.307 e. The molecule has 0 amide bonds. The number of fused-ring (bicyclic) bond motifs is 5. The van der Waals surface area contributed by atoms with Crippen LogP contribution in [0.15, 0.2) is 11.6 Å². The summed E-state index contributed by atoms with van der Waals surface area (Å²) in [5.41, 5.74) is 0.604. The van der Waals surface area contributed by atoms with Crippen LogP contribution in [0, 0.1) is 34.5 Å². The van der Waals surface area contributed by atoms with Crippen molar-refractivity contribution >= 4 is 17.5 Å². The van der Waals surface area contributed by atoms with Crippen LogP contribution in [0.25, 0.3) is 0 Å². The Bertz CT molecular complexity index is 663. The number of ketones is 2. The van der Waals surface area contributed by atoms with Crippen molar-refractivity contribution in [2.75, 3.05) is 0 Å². The van der Waals surface area contributed by atoms with Gasteiger partial charge in [0.1, 0.15) is 5.78 Å². The van der Waals surface area contributed by atoms with Gasteiger partial charge in [0.15, 0.2) is 5.78 Å². The third kappa shape index (κ3) is 1.94. The molecule has 0 saturated heterocycles. The van der Waals surface area contributed by atoms with Crippen molar-refractivity contribution in [2.24, 2.45) is 34.5 Å². The largest absolute Gasteiger partial charge is 0.481 e. The quantitative estimate of drug-likeness (QED) is 0.800. The second-order valence-electron chi connectivity index (χ2n) is 8.96. The molecule has 6 atom stereocenters. The Hall–Kier alpha value is -1.45. The summed E-state index contributed by atoms with van der Waals surface area (Å²) in [5.74, 6) is -0.0816. The molecule has 0 spiro atoms. The standard InChI is InChI=1S/C20H26O4/c1-19-8-7-12(21)9-11(19)3-4-13-14-5-6-15(18(23)24)20(14,2)10-16(22)17(13)19/h9,13-15,17H,3-8,10H2,1-2H3,(H,23,24)/t13-,14-,15?,17+,19-,20-/m0/s1. The average molecular weight is 330 g/mol. The second kappa shape index (κ2) is 5.03. The first-order valence-corrected chi connectivity index (χ1v) is 9.27. The van der Waals surface area contributed by atoms with Crippen molar-refractivity contribution in [1.29, 1.82) is 0 Å². The van der Waals surface area contributed by atoms with E-state index in [1.165, 1.54) is 5.57 Å². The van der Waals surface area contributed by atoms with E-state index in [0.717, 1.165) is 25.7 Å². The van der Waals surface area contributed by atoms with Gasteiger partial charge in [-0.15, -0.1) is 0 Å². The molecular weight excluding hydrogens is 304 g/mol. The van der Waals surface area contributed by atoms with Crippen LogP contribution in [0.2, 0.25) is 0 Å². The van der Waals surface area contributed by atoms with Crippen LogP contribution in [0.4, 0.5) is 0 Å². The predicted octanol–water partition coefficient (Wildman–Crippen LogP) is 3.40. The first kappa shape index (κ1) is 16.0. The highest BCUT2D eigenvalue weighted by molar-refractivity contribution is 5.93. The minimum atomic E-state index is -0.739. The average Bonchev–Trinajstić information content (AvgIpc) is 2.84. The van der Waals surface area contributed by atoms with Crippen molar-refractivity contribution in [3.05, 3.63) is 11.6 Å². The number of carbonyl (C=O) groups is 3. The van der Waals surface area contributed by atoms with E-state index in [-0.39, 0.29) is 40.2 Å². The number of hydrogen-bond acceptors (Lipinski definition) is 3. The molecule has 4 aliphatic carbocycles. The van der Waals surface area contributed by atoms with Gasteiger partial charge < -0.3 is 5.11 Å². The molecule has 3 saturated carbocycles. The Kier molecular flexibility index (Phi) is 3.36. The summed E-state index contributed by atoms with van der Waals surface area (Å²) in [6.07, 6.45) is 6.95. The van der Waals surface area contributed by atoms with Crippen LogP contribution in [-0.2, 0) is 14.4 Å². The fourth-order valence-electron chi connectivity index (χ4n) is 6.79. The molecule has 4 aliphatic rings. The van der Waals surface area contributed by atoms with E-state index in [4.69, 9.17) is 0 Å². The highest BCUT2D eigenvalue weighted by Crippen LogP contribution is 2.65. The monoisotopic (exact) mass is 330 g/mol. The zero-order valence-corrected chi connectivity index (χ0v) is 14.5. The Morgan fingerprint density at radius 2 is 1.92 bits per heavy atom. The molecule has 0 aromatic carbocycles. The van der Waals surface area contributed by atoms with E-state index < -0.39 is 5.97 Å². The van der Waals surface area contributed by atoms with E-state index in [9.17, 15) is 19.5 Å². The second-order valence-corrected chi connectivity index (χ2v) is 8.96. The Balaban J connectivity index is 1.74. The van der Waals surface area contributed by atoms with Gasteiger partial charge >= 0.3 is 5.97 Å². The van der Waals surface area contributed by atoms with Crippen molar-refractivity contribution in [3.8, 4) is 0 Å². The van der Waals surface area contributed by atoms with Gasteiger partial charge in [0.05, 0.1) is 5.92 Å². The molecule has 130 valence electrons. The van der Waals surface area contributed by atoms with E-state index in [1.807, 2.05) is 6.92 Å². The molecule has 3 fully saturated rings. The van der Waals surface area contributed by atoms with E-state index in [1.54, 1.807) is 6.08 Å². The van der Waals surface area contributed by atoms with Gasteiger partial charge in [-0.05, 0) is 60.8 Å². The number of carboxylic acid groups (broad SMARTS) is 1. The Morgan fingerprint density at radius 3 is 2.62 bits per heavy atom. The molecule has 4 heteroatoms. The third-order valence-electron chi connectivity index (χ3n) is 7.95. The molecule has 0 radical (unpaired) electrons. The zero-order chi connectivity index (χ0) is 17.3. The maximum Gasteiger partial charge on any atom is 0.307 e. The van der Waals surface area contributed by atoms with Crippen molar-refractivity contribution in [1.82, 2.24) is 0 Å². The van der Waals surface area contributed by atoms with Gasteiger partial charge in [-0.1, -0.05) is 19.4 Å². The molecular formula is C20H26O4. The van der Waals surface area contributed by atoms with Crippen LogP contribution in [-0.4, -0.2) is 22.6 Å². The minimum Gasteiger partial charge on any atom is -0.481 e. The van der Waals surface area contributed by atoms with Crippen molar-refractivity contribution in [2.45, 2.75) is 58.8 Å². The summed E-state index contributed by atoms with van der Waals surface area (Å²) in [7, 11) is 0. The number of rotatable bonds is 1. The first-order chi connectivity index (χ1) is 11.3. The van der Waals surface area contributed by atoms with Crippen molar-refractivity contribution in [3.63, 3.8) is 0 Å². The molecule has 0 heterocycles. The lowest BCUT2D eigenvalue weighted by atomic mass is 9.46. The van der Waals surface area contributed by atoms with E-state index in [2.05, 4.69) is 6.92 Å². The lowest BCUT2D eigenvalue weighted by Crippen LogP contribution is -2.55. The van der Waals surface area contributed by atoms with Gasteiger partial charge in [-0.25, -0.2) is 0 Å². The molecule has 0 bridgehead atoms. The van der Waals surface area contributed by atoms with Crippen LogP contribution in [0.3, 0.4) is 0 Å². The Morgan fingerprint density at radius 1 is 1.17 bits per heavy atom. The predicted molar refractivity (Wildman–Crippen MR) is 88.2 cm³/mol. The highest BCUT2D eigenvalue weighted by atomic mass is 16.4. The molecule has 4 nitrogen and oxygen atoms in total. The lowest BCUT2D eigenvalue weighted by Gasteiger charge is -2.56. The normalized spacial score (nSPS) is 47.5. The molecule has 4 rings (SSSR count). The van der Waals surface area contributed by atoms with Crippen LogP contribution >= 0.6 is 0 Å². The topological polar surface area (TPSA) is 71.4 Å². The summed E-state index contributed by atoms with van der Waals surface area (Å²) < 4.78 is 0. The Labute approximate surface area is 142 Å². The summed E-state index contributed by atoms with van der Waals surface area (Å²) in [5, 5.41) is 9.61. The van der Waals surface area contributed by atoms with Gasteiger partial charge in [-0.3, -0.25) is 14.4 Å². The molecule has 0 aromatic heterocycles. The molecule has 1 unspecified atom stereocenters. The molecule has 24 heavy (non-hydrogen) atoms. The van der Waals surface area contributed by atoms with Gasteiger partial charge in [0.25, 0.3) is 0 Å². The summed E-state index contributed by atoms with van der Waals surface area (Å²) >= 11 is 0. The maximum atomic E-state index is 13.2. The molecule has 1 N–H and O–H groups in total. The van der Waals surface area contributed by atoms with Gasteiger partial charge in [0, 0.05) is 18.8 Å². The van der Waals surface area contributed by atoms with Gasteiger partial charge in [0.2, 0.25) is 0 Å². The molecule has 0 aromatic rings. The van der Waals surface area contributed by atoms with Crippen LogP contribution in [0.1, 0.15) is 58.8 Å². The van der Waals surface area contributed by atoms with E-state index >= 15 is 0 Å². The number of Topliss-reactive ketones (excluding diaryl/α,β-unsaturated/α-hetero) is 1. The maximum absolute atomic E-state index is 13.2. The minimum absolute atomic E-state index is 0.0174. The summed E-state index contributed by atoms with van der Waals surface area (Å²) in [6, 6.07) is 0. The first-order valence-electron chi connectivity index (χ1n) is 9.27. The highest BCUT2D eigenvalue weighted by Gasteiger charge is 2.63. The van der Waals surface area contributed by atoms with Gasteiger partial charge in [-0.2, -0.15) is 0 Å². The van der Waals surface area contributed by atoms with Crippen LogP contribution in [0.5, 0.6) is 0 Å². The zero-order valence-electron chi connectivity index (χ0n) is 14.5. The van der Waals surface area contributed by atoms with E-state index in [0.29, 0.717) is 25.2 Å². The number of carbonyl (C=O) groups excluding carboxylic acids is 2. The fraction of sp³-hybridized carbons (Fsp3) is 0.750. The fourth-order valence-corrected chi connectivity index (χ4v) is 6.79. The summed E-state index contributed by atoms with van der Waals surface area (Å²) in [6.45, 7) is 4.21. The SMILES string of the molecule is C[C@]12CCC(=O)C=C1CC[C@@H]1[C@@H]2C(=O)C[C@]2(C)C(C(=O)O)CC[C@@H]12. The number of aliphatic carboxylic acids is 1. The molecule has 0 aliphatic heterocycles. The van der Waals surface area contributed by atoms with Crippen molar-refractivity contribution < 1.29 is 19.5 Å².